The Kier molecular flexibility index (Phi) is 7.11. The van der Waals surface area contributed by atoms with Gasteiger partial charge in [0.15, 0.2) is 11.5 Å². The largest absolute Gasteiger partial charge is 0.493 e. The molecule has 0 aliphatic rings. The van der Waals surface area contributed by atoms with E-state index in [1.54, 1.807) is 12.1 Å². The SMILES string of the molecule is CCOC(=S)N/N=C/c1cc(OC)c(OC)cc1NC(C)=O. The van der Waals surface area contributed by atoms with Crippen LogP contribution in [0.15, 0.2) is 17.2 Å². The molecule has 0 radical (unpaired) electrons. The number of benzene rings is 1. The number of nitrogens with one attached hydrogen (secondary N) is 2. The van der Waals surface area contributed by atoms with Gasteiger partial charge in [0.2, 0.25) is 5.91 Å². The van der Waals surface area contributed by atoms with Crippen LogP contribution >= 0.6 is 12.2 Å². The van der Waals surface area contributed by atoms with Crippen molar-refractivity contribution in [3.63, 3.8) is 0 Å². The zero-order valence-corrected chi connectivity index (χ0v) is 13.7. The second-order valence-electron chi connectivity index (χ2n) is 4.07. The van der Waals surface area contributed by atoms with Crippen molar-refractivity contribution >= 4 is 35.2 Å². The minimum Gasteiger partial charge on any atom is -0.493 e. The fraction of sp³-hybridized carbons (Fsp3) is 0.357. The molecule has 0 spiro atoms. The molecule has 0 aliphatic carbocycles. The monoisotopic (exact) mass is 325 g/mol. The molecule has 0 atom stereocenters. The molecule has 0 aliphatic heterocycles. The minimum absolute atomic E-state index is 0.167. The Balaban J connectivity index is 3.06. The first-order chi connectivity index (χ1) is 10.5. The summed E-state index contributed by atoms with van der Waals surface area (Å²) in [6, 6.07) is 3.35. The van der Waals surface area contributed by atoms with E-state index >= 15 is 0 Å². The first-order valence-electron chi connectivity index (χ1n) is 6.51. The molecular weight excluding hydrogens is 306 g/mol. The number of thiocarbonyl (C=S) groups is 1. The van der Waals surface area contributed by atoms with Crippen molar-refractivity contribution < 1.29 is 19.0 Å². The Labute approximate surface area is 134 Å². The lowest BCUT2D eigenvalue weighted by molar-refractivity contribution is -0.114. The Morgan fingerprint density at radius 2 is 1.95 bits per heavy atom. The molecular formula is C14H19N3O4S. The molecule has 7 nitrogen and oxygen atoms in total. The predicted octanol–water partition coefficient (Wildman–Crippen LogP) is 1.91. The molecule has 120 valence electrons. The number of methoxy groups -OCH3 is 2. The van der Waals surface area contributed by atoms with Crippen LogP contribution in [0.2, 0.25) is 0 Å². The Morgan fingerprint density at radius 1 is 1.32 bits per heavy atom. The number of hydrogen-bond donors (Lipinski definition) is 2. The van der Waals surface area contributed by atoms with Crippen molar-refractivity contribution in [2.75, 3.05) is 26.1 Å². The fourth-order valence-corrected chi connectivity index (χ4v) is 1.79. The molecule has 1 amide bonds. The Bertz CT molecular complexity index is 575. The lowest BCUT2D eigenvalue weighted by Crippen LogP contribution is -2.18. The van der Waals surface area contributed by atoms with Crippen LogP contribution in [-0.4, -0.2) is 38.1 Å². The van der Waals surface area contributed by atoms with Gasteiger partial charge in [0.25, 0.3) is 5.17 Å². The van der Waals surface area contributed by atoms with Crippen molar-refractivity contribution in [1.82, 2.24) is 5.43 Å². The summed E-state index contributed by atoms with van der Waals surface area (Å²) in [6.07, 6.45) is 1.50. The van der Waals surface area contributed by atoms with Crippen LogP contribution in [0, 0.1) is 0 Å². The van der Waals surface area contributed by atoms with Gasteiger partial charge in [-0.2, -0.15) is 5.10 Å². The molecule has 2 N–H and O–H groups in total. The van der Waals surface area contributed by atoms with E-state index in [9.17, 15) is 4.79 Å². The van der Waals surface area contributed by atoms with Gasteiger partial charge in [0.05, 0.1) is 32.7 Å². The molecule has 22 heavy (non-hydrogen) atoms. The summed E-state index contributed by atoms with van der Waals surface area (Å²) in [5.74, 6) is 0.811. The highest BCUT2D eigenvalue weighted by molar-refractivity contribution is 7.80. The first kappa shape index (κ1) is 17.7. The van der Waals surface area contributed by atoms with E-state index in [-0.39, 0.29) is 11.1 Å². The number of nitrogens with zero attached hydrogens (tertiary/aromatic N) is 1. The summed E-state index contributed by atoms with van der Waals surface area (Å²) < 4.78 is 15.5. The molecule has 0 unspecified atom stereocenters. The topological polar surface area (TPSA) is 81.2 Å². The summed E-state index contributed by atoms with van der Waals surface area (Å²) >= 11 is 4.90. The van der Waals surface area contributed by atoms with E-state index in [2.05, 4.69) is 15.8 Å². The normalized spacial score (nSPS) is 10.2. The van der Waals surface area contributed by atoms with Gasteiger partial charge in [-0.15, -0.1) is 0 Å². The highest BCUT2D eigenvalue weighted by Crippen LogP contribution is 2.32. The lowest BCUT2D eigenvalue weighted by Gasteiger charge is -2.13. The van der Waals surface area contributed by atoms with Crippen molar-refractivity contribution in [1.29, 1.82) is 0 Å². The van der Waals surface area contributed by atoms with E-state index in [4.69, 9.17) is 26.4 Å². The molecule has 0 saturated heterocycles. The Hall–Kier alpha value is -2.35. The van der Waals surface area contributed by atoms with Crippen molar-refractivity contribution in [2.24, 2.45) is 5.10 Å². The maximum Gasteiger partial charge on any atom is 0.277 e. The van der Waals surface area contributed by atoms with Gasteiger partial charge < -0.3 is 19.5 Å². The summed E-state index contributed by atoms with van der Waals surface area (Å²) in [4.78, 5) is 11.3. The second kappa shape index (κ2) is 8.83. The molecule has 8 heteroatoms. The van der Waals surface area contributed by atoms with Gasteiger partial charge in [0.1, 0.15) is 0 Å². The van der Waals surface area contributed by atoms with E-state index in [1.807, 2.05) is 6.92 Å². The quantitative estimate of drug-likeness (QED) is 0.472. The number of carbonyl (C=O) groups is 1. The van der Waals surface area contributed by atoms with Gasteiger partial charge in [0, 0.05) is 18.6 Å². The van der Waals surface area contributed by atoms with E-state index in [1.165, 1.54) is 27.4 Å². The average molecular weight is 325 g/mol. The zero-order valence-electron chi connectivity index (χ0n) is 12.9. The molecule has 1 rings (SSSR count). The molecule has 0 fully saturated rings. The molecule has 0 heterocycles. The van der Waals surface area contributed by atoms with Crippen LogP contribution < -0.4 is 20.2 Å². The molecule has 1 aromatic carbocycles. The number of ether oxygens (including phenoxy) is 3. The first-order valence-corrected chi connectivity index (χ1v) is 6.92. The van der Waals surface area contributed by atoms with Crippen LogP contribution in [0.1, 0.15) is 19.4 Å². The van der Waals surface area contributed by atoms with Crippen molar-refractivity contribution in [3.8, 4) is 11.5 Å². The third kappa shape index (κ3) is 5.21. The smallest absolute Gasteiger partial charge is 0.277 e. The maximum atomic E-state index is 11.3. The second-order valence-corrected chi connectivity index (χ2v) is 4.44. The number of anilines is 1. The number of rotatable bonds is 6. The molecule has 0 saturated carbocycles. The highest BCUT2D eigenvalue weighted by atomic mass is 32.1. The van der Waals surface area contributed by atoms with Gasteiger partial charge in [-0.05, 0) is 25.2 Å². The van der Waals surface area contributed by atoms with Crippen molar-refractivity contribution in [2.45, 2.75) is 13.8 Å². The van der Waals surface area contributed by atoms with E-state index < -0.39 is 0 Å². The van der Waals surface area contributed by atoms with Crippen LogP contribution in [0.5, 0.6) is 11.5 Å². The van der Waals surface area contributed by atoms with Gasteiger partial charge in [-0.25, -0.2) is 5.43 Å². The van der Waals surface area contributed by atoms with Crippen LogP contribution in [0.4, 0.5) is 5.69 Å². The number of carbonyl (C=O) groups excluding carboxylic acids is 1. The number of hydrazone groups is 1. The van der Waals surface area contributed by atoms with Crippen LogP contribution in [-0.2, 0) is 9.53 Å². The minimum atomic E-state index is -0.209. The van der Waals surface area contributed by atoms with E-state index in [0.29, 0.717) is 29.4 Å². The third-order valence-corrected chi connectivity index (χ3v) is 2.71. The maximum absolute atomic E-state index is 11.3. The van der Waals surface area contributed by atoms with Crippen LogP contribution in [0.3, 0.4) is 0 Å². The van der Waals surface area contributed by atoms with Gasteiger partial charge in [-0.1, -0.05) is 0 Å². The molecule has 0 aromatic heterocycles. The van der Waals surface area contributed by atoms with E-state index in [0.717, 1.165) is 0 Å². The number of hydrogen-bond acceptors (Lipinski definition) is 6. The predicted molar refractivity (Wildman–Crippen MR) is 88.8 cm³/mol. The number of amides is 1. The lowest BCUT2D eigenvalue weighted by atomic mass is 10.1. The zero-order chi connectivity index (χ0) is 16.5. The summed E-state index contributed by atoms with van der Waals surface area (Å²) in [5.41, 5.74) is 3.74. The Morgan fingerprint density at radius 3 is 2.50 bits per heavy atom. The van der Waals surface area contributed by atoms with Gasteiger partial charge >= 0.3 is 0 Å². The van der Waals surface area contributed by atoms with Gasteiger partial charge in [-0.3, -0.25) is 4.79 Å². The third-order valence-electron chi connectivity index (χ3n) is 2.50. The highest BCUT2D eigenvalue weighted by Gasteiger charge is 2.11. The molecule has 1 aromatic rings. The standard InChI is InChI=1S/C14H19N3O4S/c1-5-21-14(22)17-15-8-10-6-12(19-3)13(20-4)7-11(10)16-9(2)18/h6-8H,5H2,1-4H3,(H,16,18)(H,17,22)/b15-8+. The average Bonchev–Trinajstić information content (AvgIpc) is 2.47. The summed E-state index contributed by atoms with van der Waals surface area (Å²) in [5, 5.41) is 6.84. The molecule has 0 bridgehead atoms. The summed E-state index contributed by atoms with van der Waals surface area (Å²) in [6.45, 7) is 3.69. The van der Waals surface area contributed by atoms with Crippen LogP contribution in [0.25, 0.3) is 0 Å². The van der Waals surface area contributed by atoms with Crippen molar-refractivity contribution in [3.05, 3.63) is 17.7 Å². The summed E-state index contributed by atoms with van der Waals surface area (Å²) in [7, 11) is 3.05. The fourth-order valence-electron chi connectivity index (χ4n) is 1.62.